The van der Waals surface area contributed by atoms with Crippen molar-refractivity contribution in [2.45, 2.75) is 83.5 Å². The number of hydrogen-bond donors (Lipinski definition) is 3. The minimum absolute atomic E-state index is 0.0128. The molecule has 1 unspecified atom stereocenters. The molecule has 0 radical (unpaired) electrons. The Morgan fingerprint density at radius 3 is 2.36 bits per heavy atom. The van der Waals surface area contributed by atoms with Crippen molar-refractivity contribution >= 4 is 11.7 Å². The fourth-order valence-electron chi connectivity index (χ4n) is 4.19. The number of nitrogens with two attached hydrogens (primary N) is 1. The molecule has 2 aliphatic rings. The quantitative estimate of drug-likeness (QED) is 0.735. The first-order valence-electron chi connectivity index (χ1n) is 8.51. The summed E-state index contributed by atoms with van der Waals surface area (Å²) >= 11 is 0. The number of Topliss-reactive ketones (excluding diaryl/α,β-unsaturated/α-hetero) is 1. The van der Waals surface area contributed by atoms with Crippen LogP contribution in [0.5, 0.6) is 0 Å². The molecule has 2 rings (SSSR count). The van der Waals surface area contributed by atoms with E-state index in [9.17, 15) is 9.59 Å². The molecule has 0 aromatic rings. The van der Waals surface area contributed by atoms with Gasteiger partial charge in [-0.3, -0.25) is 9.59 Å². The van der Waals surface area contributed by atoms with E-state index in [4.69, 9.17) is 5.73 Å². The summed E-state index contributed by atoms with van der Waals surface area (Å²) in [7, 11) is 0. The lowest BCUT2D eigenvalue weighted by molar-refractivity contribution is -0.126. The van der Waals surface area contributed by atoms with Crippen molar-refractivity contribution in [1.29, 1.82) is 0 Å². The van der Waals surface area contributed by atoms with E-state index in [-0.39, 0.29) is 41.1 Å². The Labute approximate surface area is 133 Å². The van der Waals surface area contributed by atoms with Crippen LogP contribution in [0, 0.1) is 11.8 Å². The summed E-state index contributed by atoms with van der Waals surface area (Å²) in [4.78, 5) is 23.9. The first kappa shape index (κ1) is 17.4. The lowest BCUT2D eigenvalue weighted by Crippen LogP contribution is -2.54. The van der Waals surface area contributed by atoms with Crippen LogP contribution in [0.15, 0.2) is 0 Å². The summed E-state index contributed by atoms with van der Waals surface area (Å²) in [5, 5.41) is 6.72. The van der Waals surface area contributed by atoms with E-state index in [0.29, 0.717) is 6.04 Å². The molecule has 0 spiro atoms. The van der Waals surface area contributed by atoms with E-state index in [0.717, 1.165) is 32.1 Å². The predicted molar refractivity (Wildman–Crippen MR) is 87.3 cm³/mol. The molecule has 0 saturated heterocycles. The Morgan fingerprint density at radius 2 is 1.86 bits per heavy atom. The Kier molecular flexibility index (Phi) is 5.28. The SMILES string of the molecule is CC(=O)N[C@@H]1C[C@H](NC(C)(C)C)CC[C@@H]1C1CC[C@H](N)C1=O. The topological polar surface area (TPSA) is 84.2 Å². The third-order valence-corrected chi connectivity index (χ3v) is 4.97. The van der Waals surface area contributed by atoms with E-state index in [1.54, 1.807) is 6.92 Å². The maximum Gasteiger partial charge on any atom is 0.217 e. The highest BCUT2D eigenvalue weighted by Crippen LogP contribution is 2.37. The van der Waals surface area contributed by atoms with Gasteiger partial charge in [0, 0.05) is 30.5 Å². The van der Waals surface area contributed by atoms with E-state index >= 15 is 0 Å². The standard InChI is InChI=1S/C17H31N3O2/c1-10(21)19-15-9-11(20-17(2,3)4)5-6-12(15)13-7-8-14(18)16(13)22/h11-15,20H,5-9,18H2,1-4H3,(H,19,21)/t11-,12-,13?,14+,15-/m1/s1. The van der Waals surface area contributed by atoms with Gasteiger partial charge < -0.3 is 16.4 Å². The third-order valence-electron chi connectivity index (χ3n) is 4.97. The molecule has 4 N–H and O–H groups in total. The highest BCUT2D eigenvalue weighted by molar-refractivity contribution is 5.88. The summed E-state index contributed by atoms with van der Waals surface area (Å²) in [6.07, 6.45) is 4.58. The first-order valence-corrected chi connectivity index (χ1v) is 8.51. The van der Waals surface area contributed by atoms with Gasteiger partial charge in [-0.05, 0) is 58.8 Å². The Bertz CT molecular complexity index is 430. The maximum absolute atomic E-state index is 12.3. The summed E-state index contributed by atoms with van der Waals surface area (Å²) in [6, 6.07) is 0.164. The summed E-state index contributed by atoms with van der Waals surface area (Å²) in [5.74, 6) is 0.453. The third kappa shape index (κ3) is 4.29. The molecule has 0 aromatic heterocycles. The number of rotatable bonds is 3. The zero-order chi connectivity index (χ0) is 16.5. The highest BCUT2D eigenvalue weighted by Gasteiger charge is 2.43. The van der Waals surface area contributed by atoms with Crippen LogP contribution < -0.4 is 16.4 Å². The average Bonchev–Trinajstić information content (AvgIpc) is 2.68. The number of nitrogens with one attached hydrogen (secondary N) is 2. The van der Waals surface area contributed by atoms with Crippen molar-refractivity contribution < 1.29 is 9.59 Å². The van der Waals surface area contributed by atoms with Gasteiger partial charge in [-0.2, -0.15) is 0 Å². The van der Waals surface area contributed by atoms with Crippen LogP contribution in [0.3, 0.4) is 0 Å². The second-order valence-corrected chi connectivity index (χ2v) is 8.07. The van der Waals surface area contributed by atoms with Crippen molar-refractivity contribution in [2.75, 3.05) is 0 Å². The lowest BCUT2D eigenvalue weighted by Gasteiger charge is -2.41. The Morgan fingerprint density at radius 1 is 1.18 bits per heavy atom. The summed E-state index contributed by atoms with van der Waals surface area (Å²) in [5.41, 5.74) is 5.94. The number of carbonyl (C=O) groups is 2. The molecule has 0 bridgehead atoms. The number of carbonyl (C=O) groups excluding carboxylic acids is 2. The predicted octanol–water partition coefficient (Wildman–Crippen LogP) is 1.35. The van der Waals surface area contributed by atoms with Crippen LogP contribution in [-0.2, 0) is 9.59 Å². The lowest BCUT2D eigenvalue weighted by atomic mass is 9.73. The molecular formula is C17H31N3O2. The van der Waals surface area contributed by atoms with Gasteiger partial charge in [0.1, 0.15) is 0 Å². The van der Waals surface area contributed by atoms with Crippen molar-refractivity contribution in [3.8, 4) is 0 Å². The van der Waals surface area contributed by atoms with E-state index in [1.165, 1.54) is 0 Å². The van der Waals surface area contributed by atoms with Gasteiger partial charge in [-0.15, -0.1) is 0 Å². The molecule has 22 heavy (non-hydrogen) atoms. The first-order chi connectivity index (χ1) is 10.2. The van der Waals surface area contributed by atoms with Crippen LogP contribution in [0.2, 0.25) is 0 Å². The molecule has 2 fully saturated rings. The van der Waals surface area contributed by atoms with Crippen LogP contribution in [0.4, 0.5) is 0 Å². The van der Waals surface area contributed by atoms with E-state index < -0.39 is 0 Å². The van der Waals surface area contributed by atoms with E-state index in [1.807, 2.05) is 0 Å². The van der Waals surface area contributed by atoms with E-state index in [2.05, 4.69) is 31.4 Å². The van der Waals surface area contributed by atoms with Crippen LogP contribution in [0.25, 0.3) is 0 Å². The Balaban J connectivity index is 2.07. The molecule has 0 heterocycles. The molecule has 126 valence electrons. The maximum atomic E-state index is 12.3. The normalized spacial score (nSPS) is 36.4. The number of amides is 1. The van der Waals surface area contributed by atoms with Crippen molar-refractivity contribution in [2.24, 2.45) is 17.6 Å². The largest absolute Gasteiger partial charge is 0.353 e. The zero-order valence-electron chi connectivity index (χ0n) is 14.3. The van der Waals surface area contributed by atoms with Crippen molar-refractivity contribution in [1.82, 2.24) is 10.6 Å². The molecule has 5 heteroatoms. The van der Waals surface area contributed by atoms with Gasteiger partial charge in [0.05, 0.1) is 6.04 Å². The summed E-state index contributed by atoms with van der Waals surface area (Å²) < 4.78 is 0. The number of hydrogen-bond acceptors (Lipinski definition) is 4. The fraction of sp³-hybridized carbons (Fsp3) is 0.882. The fourth-order valence-corrected chi connectivity index (χ4v) is 4.19. The second kappa shape index (κ2) is 6.67. The van der Waals surface area contributed by atoms with Gasteiger partial charge in [-0.1, -0.05) is 0 Å². The molecule has 2 aliphatic carbocycles. The Hall–Kier alpha value is -0.940. The van der Waals surface area contributed by atoms with Gasteiger partial charge >= 0.3 is 0 Å². The van der Waals surface area contributed by atoms with Gasteiger partial charge in [0.25, 0.3) is 0 Å². The van der Waals surface area contributed by atoms with Crippen molar-refractivity contribution in [3.63, 3.8) is 0 Å². The monoisotopic (exact) mass is 309 g/mol. The van der Waals surface area contributed by atoms with Crippen LogP contribution in [-0.4, -0.2) is 35.4 Å². The minimum Gasteiger partial charge on any atom is -0.353 e. The van der Waals surface area contributed by atoms with Gasteiger partial charge in [0.15, 0.2) is 5.78 Å². The molecule has 0 aromatic carbocycles. The van der Waals surface area contributed by atoms with Gasteiger partial charge in [0.2, 0.25) is 5.91 Å². The molecule has 5 atom stereocenters. The molecule has 2 saturated carbocycles. The molecule has 1 amide bonds. The molecular weight excluding hydrogens is 278 g/mol. The zero-order valence-corrected chi connectivity index (χ0v) is 14.3. The van der Waals surface area contributed by atoms with Crippen LogP contribution in [0.1, 0.15) is 59.8 Å². The smallest absolute Gasteiger partial charge is 0.217 e. The van der Waals surface area contributed by atoms with Crippen LogP contribution >= 0.6 is 0 Å². The highest BCUT2D eigenvalue weighted by atomic mass is 16.1. The number of ketones is 1. The molecule has 5 nitrogen and oxygen atoms in total. The average molecular weight is 309 g/mol. The summed E-state index contributed by atoms with van der Waals surface area (Å²) in [6.45, 7) is 8.03. The van der Waals surface area contributed by atoms with Gasteiger partial charge in [-0.25, -0.2) is 0 Å². The van der Waals surface area contributed by atoms with Crippen molar-refractivity contribution in [3.05, 3.63) is 0 Å². The minimum atomic E-state index is -0.298. The molecule has 0 aliphatic heterocycles. The second-order valence-electron chi connectivity index (χ2n) is 8.07.